The van der Waals surface area contributed by atoms with E-state index >= 15 is 0 Å². The molecule has 0 spiro atoms. The predicted octanol–water partition coefficient (Wildman–Crippen LogP) is 6.16. The minimum Gasteiger partial charge on any atom is -0.350 e. The van der Waals surface area contributed by atoms with E-state index in [1.165, 1.54) is 22.4 Å². The van der Waals surface area contributed by atoms with E-state index in [1.807, 2.05) is 24.3 Å². The molecule has 0 atom stereocenters. The van der Waals surface area contributed by atoms with Gasteiger partial charge in [0, 0.05) is 51.4 Å². The molecular formula is C24H20ClFN2OS. The maximum atomic E-state index is 13.1. The van der Waals surface area contributed by atoms with Crippen LogP contribution in [-0.4, -0.2) is 17.0 Å². The molecule has 3 nitrogen and oxygen atoms in total. The highest BCUT2D eigenvalue weighted by atomic mass is 35.5. The van der Waals surface area contributed by atoms with Gasteiger partial charge in [-0.3, -0.25) is 4.79 Å². The van der Waals surface area contributed by atoms with E-state index < -0.39 is 0 Å². The second-order valence-corrected chi connectivity index (χ2v) is 8.34. The number of hydrogen-bond donors (Lipinski definition) is 1. The standard InChI is InChI=1S/C24H20ClFN2OS/c25-19-9-7-18(8-10-19)24(29)27-13-14-28-15-23(21-3-1-2-4-22(21)28)30-16-17-5-11-20(26)12-6-17/h1-12,15H,13-14,16H2,(H,27,29). The number of nitrogens with zero attached hydrogens (tertiary/aromatic N) is 1. The van der Waals surface area contributed by atoms with Gasteiger partial charge < -0.3 is 9.88 Å². The molecule has 4 rings (SSSR count). The molecule has 1 heterocycles. The van der Waals surface area contributed by atoms with E-state index in [1.54, 1.807) is 36.0 Å². The van der Waals surface area contributed by atoms with Crippen LogP contribution in [0.3, 0.4) is 0 Å². The SMILES string of the molecule is O=C(NCCn1cc(SCc2ccc(F)cc2)c2ccccc21)c1ccc(Cl)cc1. The molecule has 0 fully saturated rings. The number of carbonyl (C=O) groups excluding carboxylic acids is 1. The van der Waals surface area contributed by atoms with Crippen molar-refractivity contribution in [2.24, 2.45) is 0 Å². The monoisotopic (exact) mass is 438 g/mol. The summed E-state index contributed by atoms with van der Waals surface area (Å²) in [5.74, 6) is 0.428. The van der Waals surface area contributed by atoms with Gasteiger partial charge in [0.1, 0.15) is 5.82 Å². The van der Waals surface area contributed by atoms with Gasteiger partial charge in [-0.1, -0.05) is 41.9 Å². The van der Waals surface area contributed by atoms with Gasteiger partial charge in [0.05, 0.1) is 0 Å². The van der Waals surface area contributed by atoms with Gasteiger partial charge >= 0.3 is 0 Å². The summed E-state index contributed by atoms with van der Waals surface area (Å²) >= 11 is 7.60. The Bertz CT molecular complexity index is 1160. The summed E-state index contributed by atoms with van der Waals surface area (Å²) in [5.41, 5.74) is 2.79. The first-order valence-electron chi connectivity index (χ1n) is 9.59. The lowest BCUT2D eigenvalue weighted by Gasteiger charge is -2.08. The first kappa shape index (κ1) is 20.5. The van der Waals surface area contributed by atoms with Crippen molar-refractivity contribution in [2.45, 2.75) is 17.2 Å². The number of thioether (sulfide) groups is 1. The van der Waals surface area contributed by atoms with Crippen LogP contribution in [-0.2, 0) is 12.3 Å². The van der Waals surface area contributed by atoms with Crippen molar-refractivity contribution in [3.63, 3.8) is 0 Å². The Hall–Kier alpha value is -2.76. The molecule has 1 aromatic heterocycles. The van der Waals surface area contributed by atoms with Gasteiger partial charge in [-0.2, -0.15) is 0 Å². The summed E-state index contributed by atoms with van der Waals surface area (Å²) in [6, 6.07) is 21.7. The number of aromatic nitrogens is 1. The predicted molar refractivity (Wildman–Crippen MR) is 122 cm³/mol. The zero-order valence-corrected chi connectivity index (χ0v) is 17.7. The molecular weight excluding hydrogens is 419 g/mol. The first-order valence-corrected chi connectivity index (χ1v) is 11.0. The number of benzene rings is 3. The van der Waals surface area contributed by atoms with E-state index in [9.17, 15) is 9.18 Å². The molecule has 0 aliphatic rings. The van der Waals surface area contributed by atoms with Crippen LogP contribution < -0.4 is 5.32 Å². The number of fused-ring (bicyclic) bond motifs is 1. The molecule has 0 saturated heterocycles. The average Bonchev–Trinajstić information content (AvgIpc) is 3.12. The zero-order valence-electron chi connectivity index (χ0n) is 16.1. The Labute approximate surface area is 183 Å². The highest BCUT2D eigenvalue weighted by molar-refractivity contribution is 7.98. The third-order valence-electron chi connectivity index (χ3n) is 4.80. The Morgan fingerprint density at radius 3 is 2.50 bits per heavy atom. The van der Waals surface area contributed by atoms with E-state index in [-0.39, 0.29) is 11.7 Å². The molecule has 0 bridgehead atoms. The van der Waals surface area contributed by atoms with Crippen LogP contribution in [0.2, 0.25) is 5.02 Å². The topological polar surface area (TPSA) is 34.0 Å². The fourth-order valence-corrected chi connectivity index (χ4v) is 4.42. The van der Waals surface area contributed by atoms with Crippen LogP contribution >= 0.6 is 23.4 Å². The molecule has 30 heavy (non-hydrogen) atoms. The third-order valence-corrected chi connectivity index (χ3v) is 6.17. The van der Waals surface area contributed by atoms with Crippen LogP contribution in [0, 0.1) is 5.82 Å². The summed E-state index contributed by atoms with van der Waals surface area (Å²) in [5, 5.41) is 4.74. The quantitative estimate of drug-likeness (QED) is 0.351. The van der Waals surface area contributed by atoms with Crippen molar-refractivity contribution < 1.29 is 9.18 Å². The molecule has 0 radical (unpaired) electrons. The third kappa shape index (κ3) is 4.86. The molecule has 6 heteroatoms. The normalized spacial score (nSPS) is 11.0. The van der Waals surface area contributed by atoms with Crippen LogP contribution in [0.5, 0.6) is 0 Å². The largest absolute Gasteiger partial charge is 0.350 e. The summed E-state index contributed by atoms with van der Waals surface area (Å²) in [7, 11) is 0. The van der Waals surface area contributed by atoms with Gasteiger partial charge in [0.15, 0.2) is 0 Å². The maximum Gasteiger partial charge on any atom is 0.251 e. The van der Waals surface area contributed by atoms with Crippen LogP contribution in [0.4, 0.5) is 4.39 Å². The number of para-hydroxylation sites is 1. The number of rotatable bonds is 7. The molecule has 152 valence electrons. The lowest BCUT2D eigenvalue weighted by Crippen LogP contribution is -2.27. The lowest BCUT2D eigenvalue weighted by atomic mass is 10.2. The molecule has 0 aliphatic heterocycles. The highest BCUT2D eigenvalue weighted by Crippen LogP contribution is 2.32. The highest BCUT2D eigenvalue weighted by Gasteiger charge is 2.10. The molecule has 0 aliphatic carbocycles. The van der Waals surface area contributed by atoms with Crippen molar-refractivity contribution in [3.05, 3.63) is 101 Å². The van der Waals surface area contributed by atoms with Gasteiger partial charge in [-0.05, 0) is 48.0 Å². The maximum absolute atomic E-state index is 13.1. The van der Waals surface area contributed by atoms with Crippen molar-refractivity contribution in [1.82, 2.24) is 9.88 Å². The van der Waals surface area contributed by atoms with Crippen molar-refractivity contribution >= 4 is 40.2 Å². The second-order valence-electron chi connectivity index (χ2n) is 6.88. The van der Waals surface area contributed by atoms with E-state index in [0.717, 1.165) is 16.8 Å². The van der Waals surface area contributed by atoms with Crippen LogP contribution in [0.15, 0.2) is 83.9 Å². The minimum atomic E-state index is -0.221. The summed E-state index contributed by atoms with van der Waals surface area (Å²) in [4.78, 5) is 13.5. The van der Waals surface area contributed by atoms with Crippen molar-refractivity contribution in [3.8, 4) is 0 Å². The number of halogens is 2. The van der Waals surface area contributed by atoms with Gasteiger partial charge in [-0.15, -0.1) is 11.8 Å². The first-order chi connectivity index (χ1) is 14.6. The lowest BCUT2D eigenvalue weighted by molar-refractivity contribution is 0.0952. The molecule has 0 saturated carbocycles. The minimum absolute atomic E-state index is 0.117. The Kier molecular flexibility index (Phi) is 6.41. The summed E-state index contributed by atoms with van der Waals surface area (Å²) in [6.07, 6.45) is 2.12. The smallest absolute Gasteiger partial charge is 0.251 e. The van der Waals surface area contributed by atoms with Crippen molar-refractivity contribution in [1.29, 1.82) is 0 Å². The number of amides is 1. The number of hydrogen-bond acceptors (Lipinski definition) is 2. The average molecular weight is 439 g/mol. The Balaban J connectivity index is 1.43. The van der Waals surface area contributed by atoms with Gasteiger partial charge in [-0.25, -0.2) is 4.39 Å². The van der Waals surface area contributed by atoms with E-state index in [2.05, 4.69) is 28.2 Å². The summed E-state index contributed by atoms with van der Waals surface area (Å²) in [6.45, 7) is 1.18. The molecule has 1 N–H and O–H groups in total. The molecule has 3 aromatic carbocycles. The molecule has 4 aromatic rings. The van der Waals surface area contributed by atoms with Crippen molar-refractivity contribution in [2.75, 3.05) is 6.54 Å². The summed E-state index contributed by atoms with van der Waals surface area (Å²) < 4.78 is 15.3. The number of carbonyl (C=O) groups is 1. The molecule has 0 unspecified atom stereocenters. The molecule has 1 amide bonds. The van der Waals surface area contributed by atoms with E-state index in [0.29, 0.717) is 23.7 Å². The number of nitrogens with one attached hydrogen (secondary N) is 1. The fourth-order valence-electron chi connectivity index (χ4n) is 3.25. The Morgan fingerprint density at radius 1 is 1.00 bits per heavy atom. The second kappa shape index (κ2) is 9.37. The van der Waals surface area contributed by atoms with Gasteiger partial charge in [0.25, 0.3) is 5.91 Å². The van der Waals surface area contributed by atoms with Gasteiger partial charge in [0.2, 0.25) is 0 Å². The Morgan fingerprint density at radius 2 is 1.73 bits per heavy atom. The zero-order chi connectivity index (χ0) is 20.9. The van der Waals surface area contributed by atoms with Crippen LogP contribution in [0.1, 0.15) is 15.9 Å². The van der Waals surface area contributed by atoms with E-state index in [4.69, 9.17) is 11.6 Å². The van der Waals surface area contributed by atoms with Crippen LogP contribution in [0.25, 0.3) is 10.9 Å². The fraction of sp³-hybridized carbons (Fsp3) is 0.125.